The van der Waals surface area contributed by atoms with Gasteiger partial charge in [-0.2, -0.15) is 0 Å². The third-order valence-corrected chi connectivity index (χ3v) is 17.3. The van der Waals surface area contributed by atoms with Gasteiger partial charge in [-0.15, -0.1) is 11.6 Å². The normalized spacial score (nSPS) is 42.7. The molecule has 4 saturated carbocycles. The van der Waals surface area contributed by atoms with E-state index in [-0.39, 0.29) is 23.0 Å². The second kappa shape index (κ2) is 13.4. The fourth-order valence-corrected chi connectivity index (χ4v) is 14.4. The number of benzene rings is 1. The first-order chi connectivity index (χ1) is 24.2. The van der Waals surface area contributed by atoms with Crippen molar-refractivity contribution in [3.8, 4) is 0 Å². The lowest BCUT2D eigenvalue weighted by Gasteiger charge is -2.72. The summed E-state index contributed by atoms with van der Waals surface area (Å²) in [6.45, 7) is 20.4. The van der Waals surface area contributed by atoms with Crippen LogP contribution in [-0.2, 0) is 16.1 Å². The Bertz CT molecular complexity index is 1570. The zero-order chi connectivity index (χ0) is 36.5. The second-order valence-corrected chi connectivity index (χ2v) is 19.8. The molecule has 0 radical (unpaired) electrons. The highest BCUT2D eigenvalue weighted by Gasteiger charge is 2.70. The maximum atomic E-state index is 14.7. The van der Waals surface area contributed by atoms with E-state index in [1.807, 2.05) is 30.3 Å². The van der Waals surface area contributed by atoms with Gasteiger partial charge in [0.2, 0.25) is 0 Å². The molecule has 0 amide bonds. The molecule has 0 bridgehead atoms. The smallest absolute Gasteiger partial charge is 0.315 e. The Morgan fingerprint density at radius 3 is 2.35 bits per heavy atom. The molecule has 10 atom stereocenters. The zero-order valence-electron chi connectivity index (χ0n) is 32.5. The molecule has 1 aromatic rings. The van der Waals surface area contributed by atoms with E-state index >= 15 is 0 Å². The predicted molar refractivity (Wildman–Crippen MR) is 208 cm³/mol. The number of hydrogen-bond acceptors (Lipinski definition) is 3. The van der Waals surface area contributed by atoms with E-state index in [9.17, 15) is 9.18 Å². The first kappa shape index (κ1) is 37.4. The number of alkyl halides is 2. The fourth-order valence-electron chi connectivity index (χ4n) is 14.3. The van der Waals surface area contributed by atoms with Gasteiger partial charge in [0.05, 0.1) is 5.41 Å². The van der Waals surface area contributed by atoms with Crippen molar-refractivity contribution in [2.75, 3.05) is 19.1 Å². The van der Waals surface area contributed by atoms with Crippen LogP contribution in [0.3, 0.4) is 0 Å². The summed E-state index contributed by atoms with van der Waals surface area (Å²) < 4.78 is 20.4. The molecule has 6 aliphatic carbocycles. The van der Waals surface area contributed by atoms with E-state index in [0.29, 0.717) is 59.1 Å². The van der Waals surface area contributed by atoms with Crippen LogP contribution in [0.25, 0.3) is 0 Å². The van der Waals surface area contributed by atoms with Gasteiger partial charge < -0.3 is 10.1 Å². The van der Waals surface area contributed by atoms with Gasteiger partial charge in [0.15, 0.2) is 0 Å². The molecule has 0 spiro atoms. The summed E-state index contributed by atoms with van der Waals surface area (Å²) in [7, 11) is 0. The van der Waals surface area contributed by atoms with Gasteiger partial charge >= 0.3 is 5.97 Å². The Kier molecular flexibility index (Phi) is 9.85. The third-order valence-electron chi connectivity index (χ3n) is 17.1. The summed E-state index contributed by atoms with van der Waals surface area (Å²) in [5, 5.41) is 4.06. The summed E-state index contributed by atoms with van der Waals surface area (Å²) in [5.74, 6) is 3.53. The van der Waals surface area contributed by atoms with Gasteiger partial charge in [-0.25, -0.2) is 4.39 Å². The minimum Gasteiger partial charge on any atom is -0.460 e. The largest absolute Gasteiger partial charge is 0.460 e. The van der Waals surface area contributed by atoms with Gasteiger partial charge in [-0.05, 0) is 152 Å². The highest BCUT2D eigenvalue weighted by molar-refractivity contribution is 6.18. The summed E-state index contributed by atoms with van der Waals surface area (Å²) in [4.78, 5) is 13.3. The number of allylic oxidation sites excluding steroid dienone is 5. The fraction of sp³-hybridized carbons (Fsp3) is 0.717. The van der Waals surface area contributed by atoms with Gasteiger partial charge in [-0.1, -0.05) is 89.3 Å². The van der Waals surface area contributed by atoms with Crippen molar-refractivity contribution in [3.05, 3.63) is 71.3 Å². The number of hydrogen-bond donors (Lipinski definition) is 1. The molecule has 6 aliphatic rings. The third kappa shape index (κ3) is 5.68. The molecule has 0 aliphatic heterocycles. The average Bonchev–Trinajstić information content (AvgIpc) is 3.50. The van der Waals surface area contributed by atoms with E-state index in [2.05, 4.69) is 65.6 Å². The molecule has 7 rings (SSSR count). The van der Waals surface area contributed by atoms with Crippen molar-refractivity contribution in [3.63, 3.8) is 0 Å². The molecule has 5 heteroatoms. The van der Waals surface area contributed by atoms with Crippen molar-refractivity contribution < 1.29 is 13.9 Å². The molecule has 3 nitrogen and oxygen atoms in total. The van der Waals surface area contributed by atoms with Crippen molar-refractivity contribution in [1.29, 1.82) is 0 Å². The molecule has 0 aromatic heterocycles. The number of ether oxygens (including phenoxy) is 1. The molecule has 1 N–H and O–H groups in total. The molecule has 0 heterocycles. The van der Waals surface area contributed by atoms with Gasteiger partial charge in [0.25, 0.3) is 0 Å². The topological polar surface area (TPSA) is 38.3 Å². The van der Waals surface area contributed by atoms with E-state index in [4.69, 9.17) is 16.3 Å². The number of fused-ring (bicyclic) bond motifs is 7. The molecular formula is C46H65ClFNO2. The minimum atomic E-state index is -1.08. The molecule has 1 aromatic carbocycles. The number of carbonyl (C=O) groups is 1. The van der Waals surface area contributed by atoms with Crippen LogP contribution < -0.4 is 5.32 Å². The average molecular weight is 718 g/mol. The highest BCUT2D eigenvalue weighted by Crippen LogP contribution is 2.76. The predicted octanol–water partition coefficient (Wildman–Crippen LogP) is 11.6. The lowest BCUT2D eigenvalue weighted by molar-refractivity contribution is -0.221. The van der Waals surface area contributed by atoms with Gasteiger partial charge in [-0.3, -0.25) is 4.79 Å². The maximum absolute atomic E-state index is 14.7. The first-order valence-corrected chi connectivity index (χ1v) is 20.9. The Morgan fingerprint density at radius 2 is 1.69 bits per heavy atom. The molecule has 3 unspecified atom stereocenters. The highest BCUT2D eigenvalue weighted by atomic mass is 35.5. The van der Waals surface area contributed by atoms with E-state index in [1.54, 1.807) is 0 Å². The van der Waals surface area contributed by atoms with Crippen molar-refractivity contribution in [1.82, 2.24) is 5.32 Å². The summed E-state index contributed by atoms with van der Waals surface area (Å²) in [5.41, 5.74) is 5.12. The molecular weight excluding hydrogens is 653 g/mol. The summed E-state index contributed by atoms with van der Waals surface area (Å²) >= 11 is 6.29. The molecule has 0 saturated heterocycles. The SMILES string of the molecule is C=C(C)[C@@H]1CC[C@]2(NCCCl)CC[C@]3(C)[C@H](CCC4[C@@]5(C)CC=C(C6=CC[C@](CF)(C(=O)OCc7ccccc7)CC6)C(C)(C)C5CC[C@]43C)C12. The van der Waals surface area contributed by atoms with Crippen LogP contribution in [0.4, 0.5) is 4.39 Å². The van der Waals surface area contributed by atoms with Crippen LogP contribution >= 0.6 is 11.6 Å². The number of halogens is 2. The van der Waals surface area contributed by atoms with Crippen LogP contribution in [0.1, 0.15) is 124 Å². The standard InChI is InChI=1S/C46H65ClFNO2/c1-31(2)34-17-24-46(49-28-27-47)26-25-43(6)36(39(34)46)13-14-38-42(5)20-18-35(41(3,4)37(42)19-21-44(38,43)7)33-15-22-45(30-48,23-16-33)40(50)51-29-32-11-9-8-10-12-32/h8-12,15,18,34,36-39,49H,1,13-14,16-17,19-30H2,2-7H3/t34-,36+,37?,38?,39?,42-,43+,44+,45-,46-/m0/s1. The van der Waals surface area contributed by atoms with Crippen LogP contribution in [-0.4, -0.2) is 30.6 Å². The number of carbonyl (C=O) groups excluding carboxylic acids is 1. The van der Waals surface area contributed by atoms with Gasteiger partial charge in [0.1, 0.15) is 13.3 Å². The maximum Gasteiger partial charge on any atom is 0.315 e. The van der Waals surface area contributed by atoms with E-state index in [0.717, 1.165) is 24.9 Å². The zero-order valence-corrected chi connectivity index (χ0v) is 33.3. The molecule has 51 heavy (non-hydrogen) atoms. The second-order valence-electron chi connectivity index (χ2n) is 19.4. The monoisotopic (exact) mass is 717 g/mol. The number of rotatable bonds is 9. The Hall–Kier alpha value is -1.91. The van der Waals surface area contributed by atoms with Crippen molar-refractivity contribution in [2.45, 2.75) is 131 Å². The van der Waals surface area contributed by atoms with Crippen LogP contribution in [0, 0.1) is 56.7 Å². The summed E-state index contributed by atoms with van der Waals surface area (Å²) in [6, 6.07) is 9.69. The molecule has 4 fully saturated rings. The number of nitrogens with one attached hydrogen (secondary N) is 1. The first-order valence-electron chi connectivity index (χ1n) is 20.3. The number of esters is 1. The van der Waals surface area contributed by atoms with Crippen LogP contribution in [0.2, 0.25) is 0 Å². The lowest BCUT2D eigenvalue weighted by Crippen LogP contribution is -2.68. The lowest BCUT2D eigenvalue weighted by atomic mass is 9.33. The summed E-state index contributed by atoms with van der Waals surface area (Å²) in [6.07, 6.45) is 17.9. The van der Waals surface area contributed by atoms with E-state index in [1.165, 1.54) is 68.1 Å². The molecule has 280 valence electrons. The Balaban J connectivity index is 1.13. The quantitative estimate of drug-likeness (QED) is 0.157. The van der Waals surface area contributed by atoms with Crippen molar-refractivity contribution in [2.24, 2.45) is 56.7 Å². The van der Waals surface area contributed by atoms with Crippen LogP contribution in [0.5, 0.6) is 0 Å². The van der Waals surface area contributed by atoms with Gasteiger partial charge in [0, 0.05) is 18.0 Å². The Labute approximate surface area is 313 Å². The minimum absolute atomic E-state index is 0.0190. The van der Waals surface area contributed by atoms with Crippen molar-refractivity contribution >= 4 is 17.6 Å². The van der Waals surface area contributed by atoms with E-state index < -0.39 is 18.1 Å². The van der Waals surface area contributed by atoms with Crippen LogP contribution in [0.15, 0.2) is 65.8 Å². The Morgan fingerprint density at radius 1 is 0.922 bits per heavy atom.